The summed E-state index contributed by atoms with van der Waals surface area (Å²) in [5.41, 5.74) is 4.25. The maximum atomic E-state index is 11.4. The smallest absolute Gasteiger partial charge is 0.256 e. The Bertz CT molecular complexity index is 552. The predicted octanol–water partition coefficient (Wildman–Crippen LogP) is 3.97. The third-order valence-corrected chi connectivity index (χ3v) is 5.32. The lowest BCUT2D eigenvalue weighted by Crippen LogP contribution is -2.29. The highest BCUT2D eigenvalue weighted by atomic mass is 32.2. The normalized spacial score (nSPS) is 12.1. The van der Waals surface area contributed by atoms with Crippen LogP contribution in [0, 0.1) is 0 Å². The molecule has 0 bridgehead atoms. The Balaban J connectivity index is 1.85. The molecule has 1 atom stereocenters. The van der Waals surface area contributed by atoms with Crippen molar-refractivity contribution in [3.05, 3.63) is 47.3 Å². The second-order valence-corrected chi connectivity index (χ2v) is 6.75. The average molecular weight is 321 g/mol. The van der Waals surface area contributed by atoms with E-state index in [0.29, 0.717) is 0 Å². The number of hydrogen-bond donors (Lipinski definition) is 2. The van der Waals surface area contributed by atoms with Gasteiger partial charge in [0.05, 0.1) is 5.25 Å². The van der Waals surface area contributed by atoms with Gasteiger partial charge in [0, 0.05) is 4.88 Å². The average Bonchev–Trinajstić information content (AvgIpc) is 3.06. The standard InChI is InChI=1S/C16H19NO2S2/c1-20-15(16(18)17-19)5-2-4-12-7-9-13(10-8-12)14-6-3-11-21-14/h3,6-11,15,19H,2,4-5H2,1H3,(H,17,18). The van der Waals surface area contributed by atoms with E-state index >= 15 is 0 Å². The van der Waals surface area contributed by atoms with E-state index in [-0.39, 0.29) is 11.2 Å². The molecule has 2 N–H and O–H groups in total. The number of thiophene rings is 1. The summed E-state index contributed by atoms with van der Waals surface area (Å²) in [4.78, 5) is 12.7. The lowest BCUT2D eigenvalue weighted by atomic mass is 10.0. The van der Waals surface area contributed by atoms with Gasteiger partial charge in [-0.25, -0.2) is 5.48 Å². The first-order valence-corrected chi connectivity index (χ1v) is 9.01. The summed E-state index contributed by atoms with van der Waals surface area (Å²) in [7, 11) is 0. The van der Waals surface area contributed by atoms with E-state index in [4.69, 9.17) is 5.21 Å². The molecule has 2 rings (SSSR count). The van der Waals surface area contributed by atoms with E-state index in [0.717, 1.165) is 19.3 Å². The van der Waals surface area contributed by atoms with Gasteiger partial charge in [0.2, 0.25) is 0 Å². The summed E-state index contributed by atoms with van der Waals surface area (Å²) in [5.74, 6) is -0.310. The van der Waals surface area contributed by atoms with Crippen molar-refractivity contribution in [2.24, 2.45) is 0 Å². The fourth-order valence-electron chi connectivity index (χ4n) is 2.20. The fraction of sp³-hybridized carbons (Fsp3) is 0.312. The summed E-state index contributed by atoms with van der Waals surface area (Å²) >= 11 is 3.21. The highest BCUT2D eigenvalue weighted by Crippen LogP contribution is 2.25. The first kappa shape index (κ1) is 16.1. The molecule has 5 heteroatoms. The third kappa shape index (κ3) is 4.59. The Labute approximate surface area is 133 Å². The molecule has 21 heavy (non-hydrogen) atoms. The molecule has 1 heterocycles. The van der Waals surface area contributed by atoms with E-state index in [1.54, 1.807) is 16.8 Å². The fourth-order valence-corrected chi connectivity index (χ4v) is 3.60. The lowest BCUT2D eigenvalue weighted by molar-refractivity contribution is -0.128. The maximum Gasteiger partial charge on any atom is 0.256 e. The molecule has 0 saturated heterocycles. The van der Waals surface area contributed by atoms with Crippen molar-refractivity contribution in [2.75, 3.05) is 6.26 Å². The third-order valence-electron chi connectivity index (χ3n) is 3.38. The van der Waals surface area contributed by atoms with E-state index in [1.165, 1.54) is 27.8 Å². The highest BCUT2D eigenvalue weighted by Gasteiger charge is 2.15. The number of carbonyl (C=O) groups is 1. The van der Waals surface area contributed by atoms with Crippen molar-refractivity contribution in [2.45, 2.75) is 24.5 Å². The zero-order chi connectivity index (χ0) is 15.1. The Kier molecular flexibility index (Phi) is 6.29. The number of benzene rings is 1. The van der Waals surface area contributed by atoms with E-state index in [2.05, 4.69) is 41.8 Å². The van der Waals surface area contributed by atoms with Crippen molar-refractivity contribution >= 4 is 29.0 Å². The zero-order valence-corrected chi connectivity index (χ0v) is 13.5. The van der Waals surface area contributed by atoms with Crippen LogP contribution in [0.4, 0.5) is 0 Å². The van der Waals surface area contributed by atoms with Gasteiger partial charge in [-0.1, -0.05) is 30.3 Å². The first-order valence-electron chi connectivity index (χ1n) is 6.84. The van der Waals surface area contributed by atoms with E-state index < -0.39 is 0 Å². The summed E-state index contributed by atoms with van der Waals surface area (Å²) in [6.45, 7) is 0. The van der Waals surface area contributed by atoms with Crippen LogP contribution in [0.3, 0.4) is 0 Å². The molecule has 1 amide bonds. The number of rotatable bonds is 7. The van der Waals surface area contributed by atoms with Crippen LogP contribution in [0.25, 0.3) is 10.4 Å². The van der Waals surface area contributed by atoms with Gasteiger partial charge in [-0.3, -0.25) is 10.0 Å². The van der Waals surface area contributed by atoms with Crippen LogP contribution < -0.4 is 5.48 Å². The van der Waals surface area contributed by atoms with Gasteiger partial charge in [0.25, 0.3) is 5.91 Å². The molecule has 1 unspecified atom stereocenters. The molecule has 1 aromatic carbocycles. The molecule has 0 radical (unpaired) electrons. The van der Waals surface area contributed by atoms with Crippen LogP contribution in [0.1, 0.15) is 18.4 Å². The summed E-state index contributed by atoms with van der Waals surface area (Å²) in [5, 5.41) is 10.6. The van der Waals surface area contributed by atoms with E-state index in [1.807, 2.05) is 6.26 Å². The largest absolute Gasteiger partial charge is 0.289 e. The Morgan fingerprint density at radius 3 is 2.67 bits per heavy atom. The number of amides is 1. The minimum absolute atomic E-state index is 0.180. The van der Waals surface area contributed by atoms with Gasteiger partial charge in [-0.2, -0.15) is 11.8 Å². The van der Waals surface area contributed by atoms with Gasteiger partial charge in [0.15, 0.2) is 0 Å². The van der Waals surface area contributed by atoms with Crippen molar-refractivity contribution in [3.8, 4) is 10.4 Å². The van der Waals surface area contributed by atoms with Gasteiger partial charge in [-0.15, -0.1) is 11.3 Å². The molecular formula is C16H19NO2S2. The molecule has 3 nitrogen and oxygen atoms in total. The molecule has 0 fully saturated rings. The van der Waals surface area contributed by atoms with Crippen LogP contribution in [-0.2, 0) is 11.2 Å². The Morgan fingerprint density at radius 2 is 2.10 bits per heavy atom. The number of hydroxylamine groups is 1. The monoisotopic (exact) mass is 321 g/mol. The molecule has 0 aliphatic carbocycles. The van der Waals surface area contributed by atoms with Crippen LogP contribution in [0.5, 0.6) is 0 Å². The van der Waals surface area contributed by atoms with Gasteiger partial charge < -0.3 is 0 Å². The second kappa shape index (κ2) is 8.22. The summed E-state index contributed by atoms with van der Waals surface area (Å²) < 4.78 is 0. The van der Waals surface area contributed by atoms with Crippen LogP contribution in [0.2, 0.25) is 0 Å². The number of hydrogen-bond acceptors (Lipinski definition) is 4. The van der Waals surface area contributed by atoms with Crippen LogP contribution >= 0.6 is 23.1 Å². The molecule has 112 valence electrons. The van der Waals surface area contributed by atoms with Crippen LogP contribution in [0.15, 0.2) is 41.8 Å². The molecule has 0 spiro atoms. The second-order valence-electron chi connectivity index (χ2n) is 4.77. The van der Waals surface area contributed by atoms with Crippen molar-refractivity contribution in [3.63, 3.8) is 0 Å². The quantitative estimate of drug-likeness (QED) is 0.599. The van der Waals surface area contributed by atoms with Crippen molar-refractivity contribution in [1.29, 1.82) is 0 Å². The van der Waals surface area contributed by atoms with Gasteiger partial charge >= 0.3 is 0 Å². The Morgan fingerprint density at radius 1 is 1.33 bits per heavy atom. The predicted molar refractivity (Wildman–Crippen MR) is 89.9 cm³/mol. The Hall–Kier alpha value is -1.30. The number of thioether (sulfide) groups is 1. The van der Waals surface area contributed by atoms with Crippen molar-refractivity contribution < 1.29 is 10.0 Å². The molecule has 0 aliphatic rings. The number of nitrogens with one attached hydrogen (secondary N) is 1. The summed E-state index contributed by atoms with van der Waals surface area (Å²) in [6.07, 6.45) is 4.52. The first-order chi connectivity index (χ1) is 10.2. The topological polar surface area (TPSA) is 49.3 Å². The maximum absolute atomic E-state index is 11.4. The minimum Gasteiger partial charge on any atom is -0.289 e. The highest BCUT2D eigenvalue weighted by molar-refractivity contribution is 7.99. The SMILES string of the molecule is CSC(CCCc1ccc(-c2cccs2)cc1)C(=O)NO. The van der Waals surface area contributed by atoms with Crippen LogP contribution in [-0.4, -0.2) is 22.6 Å². The molecule has 2 aromatic rings. The van der Waals surface area contributed by atoms with E-state index in [9.17, 15) is 4.79 Å². The molecule has 0 aliphatic heterocycles. The number of aryl methyl sites for hydroxylation is 1. The van der Waals surface area contributed by atoms with Gasteiger partial charge in [-0.05, 0) is 48.1 Å². The zero-order valence-electron chi connectivity index (χ0n) is 11.9. The van der Waals surface area contributed by atoms with Crippen molar-refractivity contribution in [1.82, 2.24) is 5.48 Å². The molecule has 0 saturated carbocycles. The molecule has 1 aromatic heterocycles. The number of carbonyl (C=O) groups excluding carboxylic acids is 1. The molecular weight excluding hydrogens is 302 g/mol. The summed E-state index contributed by atoms with van der Waals surface area (Å²) in [6, 6.07) is 12.8. The van der Waals surface area contributed by atoms with Gasteiger partial charge in [0.1, 0.15) is 0 Å². The minimum atomic E-state index is -0.310. The lowest BCUT2D eigenvalue weighted by Gasteiger charge is -2.11.